The quantitative estimate of drug-likeness (QED) is 0.658. The van der Waals surface area contributed by atoms with E-state index in [0.29, 0.717) is 13.0 Å². The molecule has 6 nitrogen and oxygen atoms in total. The SMILES string of the molecule is CNCCC1CCN(CCC(=O)NC(N)=O)CC1.Cl. The summed E-state index contributed by atoms with van der Waals surface area (Å²) in [7, 11) is 1.98. The van der Waals surface area contributed by atoms with Gasteiger partial charge in [0.15, 0.2) is 0 Å². The Kier molecular flexibility index (Phi) is 9.55. The lowest BCUT2D eigenvalue weighted by atomic mass is 9.93. The molecular formula is C12H25ClN4O2. The number of nitrogens with two attached hydrogens (primary N) is 1. The molecule has 0 bridgehead atoms. The first-order chi connectivity index (χ1) is 8.61. The molecule has 1 rings (SSSR count). The van der Waals surface area contributed by atoms with Crippen LogP contribution >= 0.6 is 12.4 Å². The number of amides is 3. The number of imide groups is 1. The number of hydrogen-bond acceptors (Lipinski definition) is 4. The summed E-state index contributed by atoms with van der Waals surface area (Å²) < 4.78 is 0. The highest BCUT2D eigenvalue weighted by atomic mass is 35.5. The van der Waals surface area contributed by atoms with Gasteiger partial charge in [0.25, 0.3) is 0 Å². The zero-order chi connectivity index (χ0) is 13.4. The zero-order valence-corrected chi connectivity index (χ0v) is 12.3. The summed E-state index contributed by atoms with van der Waals surface area (Å²) in [6.07, 6.45) is 3.95. The van der Waals surface area contributed by atoms with Crippen molar-refractivity contribution < 1.29 is 9.59 Å². The molecule has 19 heavy (non-hydrogen) atoms. The molecule has 0 aromatic heterocycles. The van der Waals surface area contributed by atoms with Gasteiger partial charge in [-0.2, -0.15) is 0 Å². The molecule has 1 aliphatic rings. The van der Waals surface area contributed by atoms with Crippen molar-refractivity contribution in [1.29, 1.82) is 0 Å². The van der Waals surface area contributed by atoms with Crippen molar-refractivity contribution >= 4 is 24.3 Å². The highest BCUT2D eigenvalue weighted by Crippen LogP contribution is 2.19. The standard InChI is InChI=1S/C12H24N4O2.ClH/c1-14-6-2-10-3-7-16(8-4-10)9-5-11(17)15-12(13)18;/h10,14H,2-9H2,1H3,(H3,13,15,17,18);1H. The van der Waals surface area contributed by atoms with Gasteiger partial charge in [-0.25, -0.2) is 4.79 Å². The Balaban J connectivity index is 0.00000324. The Morgan fingerprint density at radius 2 is 1.95 bits per heavy atom. The minimum Gasteiger partial charge on any atom is -0.351 e. The van der Waals surface area contributed by atoms with E-state index >= 15 is 0 Å². The number of hydrogen-bond donors (Lipinski definition) is 3. The summed E-state index contributed by atoms with van der Waals surface area (Å²) in [5.74, 6) is 0.507. The molecule has 1 saturated heterocycles. The zero-order valence-electron chi connectivity index (χ0n) is 11.5. The summed E-state index contributed by atoms with van der Waals surface area (Å²) >= 11 is 0. The molecule has 0 aliphatic carbocycles. The van der Waals surface area contributed by atoms with Crippen molar-refractivity contribution in [3.8, 4) is 0 Å². The Bertz CT molecular complexity index is 281. The van der Waals surface area contributed by atoms with Crippen molar-refractivity contribution in [2.75, 3.05) is 33.2 Å². The molecule has 0 radical (unpaired) electrons. The second-order valence-corrected chi connectivity index (χ2v) is 4.84. The van der Waals surface area contributed by atoms with Gasteiger partial charge in [-0.15, -0.1) is 12.4 Å². The van der Waals surface area contributed by atoms with Gasteiger partial charge >= 0.3 is 6.03 Å². The summed E-state index contributed by atoms with van der Waals surface area (Å²) in [5, 5.41) is 5.26. The fourth-order valence-electron chi connectivity index (χ4n) is 2.31. The van der Waals surface area contributed by atoms with Crippen LogP contribution in [0.2, 0.25) is 0 Å². The molecule has 0 atom stereocenters. The van der Waals surface area contributed by atoms with Crippen molar-refractivity contribution in [1.82, 2.24) is 15.5 Å². The van der Waals surface area contributed by atoms with Crippen LogP contribution in [0.25, 0.3) is 0 Å². The maximum Gasteiger partial charge on any atom is 0.318 e. The summed E-state index contributed by atoms with van der Waals surface area (Å²) in [6.45, 7) is 3.86. The van der Waals surface area contributed by atoms with E-state index < -0.39 is 6.03 Å². The van der Waals surface area contributed by atoms with Crippen LogP contribution in [0.15, 0.2) is 0 Å². The molecule has 1 heterocycles. The number of primary amides is 1. The second-order valence-electron chi connectivity index (χ2n) is 4.84. The fourth-order valence-corrected chi connectivity index (χ4v) is 2.31. The van der Waals surface area contributed by atoms with E-state index in [1.165, 1.54) is 19.3 Å². The Labute approximate surface area is 120 Å². The smallest absolute Gasteiger partial charge is 0.318 e. The van der Waals surface area contributed by atoms with Gasteiger partial charge in [-0.05, 0) is 51.9 Å². The lowest BCUT2D eigenvalue weighted by Gasteiger charge is -2.31. The maximum absolute atomic E-state index is 11.3. The van der Waals surface area contributed by atoms with E-state index in [1.54, 1.807) is 0 Å². The first-order valence-electron chi connectivity index (χ1n) is 6.58. The molecule has 7 heteroatoms. The summed E-state index contributed by atoms with van der Waals surface area (Å²) in [5.41, 5.74) is 4.88. The van der Waals surface area contributed by atoms with Crippen molar-refractivity contribution in [2.45, 2.75) is 25.7 Å². The van der Waals surface area contributed by atoms with Gasteiger partial charge < -0.3 is 16.0 Å². The number of halogens is 1. The van der Waals surface area contributed by atoms with Crippen LogP contribution in [0.4, 0.5) is 4.79 Å². The molecule has 3 amide bonds. The third-order valence-corrected chi connectivity index (χ3v) is 3.43. The topological polar surface area (TPSA) is 87.5 Å². The van der Waals surface area contributed by atoms with Crippen molar-refractivity contribution in [2.24, 2.45) is 11.7 Å². The second kappa shape index (κ2) is 10.00. The van der Waals surface area contributed by atoms with Crippen LogP contribution in [-0.4, -0.2) is 50.1 Å². The van der Waals surface area contributed by atoms with Gasteiger partial charge in [0.1, 0.15) is 0 Å². The van der Waals surface area contributed by atoms with E-state index in [2.05, 4.69) is 15.5 Å². The predicted molar refractivity (Wildman–Crippen MR) is 77.3 cm³/mol. The molecular weight excluding hydrogens is 268 g/mol. The van der Waals surface area contributed by atoms with Crippen LogP contribution in [0.5, 0.6) is 0 Å². The van der Waals surface area contributed by atoms with Crippen LogP contribution < -0.4 is 16.4 Å². The fraction of sp³-hybridized carbons (Fsp3) is 0.833. The van der Waals surface area contributed by atoms with E-state index in [-0.39, 0.29) is 18.3 Å². The van der Waals surface area contributed by atoms with Crippen LogP contribution in [-0.2, 0) is 4.79 Å². The average Bonchev–Trinajstić information content (AvgIpc) is 2.34. The van der Waals surface area contributed by atoms with Gasteiger partial charge in [0.05, 0.1) is 0 Å². The van der Waals surface area contributed by atoms with Crippen LogP contribution in [0.3, 0.4) is 0 Å². The highest BCUT2D eigenvalue weighted by molar-refractivity contribution is 5.93. The van der Waals surface area contributed by atoms with E-state index in [9.17, 15) is 9.59 Å². The average molecular weight is 293 g/mol. The number of nitrogens with zero attached hydrogens (tertiary/aromatic N) is 1. The van der Waals surface area contributed by atoms with Gasteiger partial charge in [0.2, 0.25) is 5.91 Å². The van der Waals surface area contributed by atoms with Gasteiger partial charge in [-0.3, -0.25) is 10.1 Å². The first kappa shape index (κ1) is 18.1. The largest absolute Gasteiger partial charge is 0.351 e. The van der Waals surface area contributed by atoms with E-state index in [4.69, 9.17) is 5.73 Å². The molecule has 0 aromatic carbocycles. The number of urea groups is 1. The summed E-state index contributed by atoms with van der Waals surface area (Å²) in [6, 6.07) is -0.772. The highest BCUT2D eigenvalue weighted by Gasteiger charge is 2.19. The molecule has 1 aliphatic heterocycles. The Morgan fingerprint density at radius 1 is 1.32 bits per heavy atom. The molecule has 4 N–H and O–H groups in total. The van der Waals surface area contributed by atoms with Crippen LogP contribution in [0.1, 0.15) is 25.7 Å². The third-order valence-electron chi connectivity index (χ3n) is 3.43. The molecule has 0 spiro atoms. The summed E-state index contributed by atoms with van der Waals surface area (Å²) in [4.78, 5) is 24.0. The van der Waals surface area contributed by atoms with E-state index in [0.717, 1.165) is 25.6 Å². The number of carbonyl (C=O) groups is 2. The minimum atomic E-state index is -0.772. The molecule has 112 valence electrons. The number of likely N-dealkylation sites (tertiary alicyclic amines) is 1. The first-order valence-corrected chi connectivity index (χ1v) is 6.58. The van der Waals surface area contributed by atoms with Gasteiger partial charge in [-0.1, -0.05) is 0 Å². The normalized spacial score (nSPS) is 16.7. The minimum absolute atomic E-state index is 0. The van der Waals surface area contributed by atoms with E-state index in [1.807, 2.05) is 7.05 Å². The number of carbonyl (C=O) groups excluding carboxylic acids is 2. The Morgan fingerprint density at radius 3 is 2.47 bits per heavy atom. The predicted octanol–water partition coefficient (Wildman–Crippen LogP) is 0.315. The van der Waals surface area contributed by atoms with Crippen LogP contribution in [0, 0.1) is 5.92 Å². The monoisotopic (exact) mass is 292 g/mol. The number of rotatable bonds is 6. The van der Waals surface area contributed by atoms with Crippen molar-refractivity contribution in [3.63, 3.8) is 0 Å². The third kappa shape index (κ3) is 8.02. The molecule has 0 unspecified atom stereocenters. The number of piperidine rings is 1. The molecule has 0 saturated carbocycles. The Hall–Kier alpha value is -0.850. The lowest BCUT2D eigenvalue weighted by molar-refractivity contribution is -0.120. The number of nitrogens with one attached hydrogen (secondary N) is 2. The maximum atomic E-state index is 11.3. The molecule has 0 aromatic rings. The molecule has 1 fully saturated rings. The van der Waals surface area contributed by atoms with Gasteiger partial charge in [0, 0.05) is 13.0 Å². The van der Waals surface area contributed by atoms with Crippen molar-refractivity contribution in [3.05, 3.63) is 0 Å². The lowest BCUT2D eigenvalue weighted by Crippen LogP contribution is -2.39.